The van der Waals surface area contributed by atoms with Crippen molar-refractivity contribution in [3.05, 3.63) is 65.7 Å². The van der Waals surface area contributed by atoms with Crippen LogP contribution in [0.25, 0.3) is 0 Å². The molecule has 2 aliphatic heterocycles. The summed E-state index contributed by atoms with van der Waals surface area (Å²) in [7, 11) is 0. The van der Waals surface area contributed by atoms with E-state index in [-0.39, 0.29) is 11.9 Å². The van der Waals surface area contributed by atoms with E-state index in [0.717, 1.165) is 55.3 Å². The SMILES string of the molecule is CCOc1ccc([C@@H]2CC(c3ccccc3)=NN2C(=O)CN2CCN(CC)CC2)cc1. The van der Waals surface area contributed by atoms with Crippen LogP contribution in [0, 0.1) is 0 Å². The summed E-state index contributed by atoms with van der Waals surface area (Å²) in [6.07, 6.45) is 0.716. The quantitative estimate of drug-likeness (QED) is 0.689. The van der Waals surface area contributed by atoms with E-state index < -0.39 is 0 Å². The number of nitrogens with zero attached hydrogens (tertiary/aromatic N) is 4. The Kier molecular flexibility index (Phi) is 6.99. The van der Waals surface area contributed by atoms with Gasteiger partial charge in [-0.15, -0.1) is 0 Å². The second kappa shape index (κ2) is 10.1. The number of amides is 1. The van der Waals surface area contributed by atoms with Crippen LogP contribution in [0.2, 0.25) is 0 Å². The molecule has 1 fully saturated rings. The molecular formula is C25H32N4O2. The van der Waals surface area contributed by atoms with Gasteiger partial charge in [0.1, 0.15) is 5.75 Å². The monoisotopic (exact) mass is 420 g/mol. The average Bonchev–Trinajstić information content (AvgIpc) is 3.27. The first-order chi connectivity index (χ1) is 15.2. The number of ether oxygens (including phenoxy) is 1. The van der Waals surface area contributed by atoms with Crippen molar-refractivity contribution in [2.75, 3.05) is 45.9 Å². The summed E-state index contributed by atoms with van der Waals surface area (Å²) >= 11 is 0. The van der Waals surface area contributed by atoms with E-state index in [9.17, 15) is 4.79 Å². The molecule has 0 bridgehead atoms. The summed E-state index contributed by atoms with van der Waals surface area (Å²) in [5.74, 6) is 0.912. The lowest BCUT2D eigenvalue weighted by Gasteiger charge is -2.34. The summed E-state index contributed by atoms with van der Waals surface area (Å²) in [5.41, 5.74) is 3.12. The Bertz CT molecular complexity index is 889. The van der Waals surface area contributed by atoms with Crippen LogP contribution in [0.1, 0.15) is 37.4 Å². The molecular weight excluding hydrogens is 388 g/mol. The first kappa shape index (κ1) is 21.5. The molecule has 0 saturated carbocycles. The molecule has 4 rings (SSSR count). The van der Waals surface area contributed by atoms with Crippen LogP contribution < -0.4 is 4.74 Å². The molecule has 1 saturated heterocycles. The van der Waals surface area contributed by atoms with Crippen LogP contribution in [0.15, 0.2) is 59.7 Å². The van der Waals surface area contributed by atoms with E-state index >= 15 is 0 Å². The first-order valence-corrected chi connectivity index (χ1v) is 11.3. The van der Waals surface area contributed by atoms with Crippen LogP contribution in [-0.2, 0) is 4.79 Å². The largest absolute Gasteiger partial charge is 0.494 e. The average molecular weight is 421 g/mol. The number of hydrogen-bond acceptors (Lipinski definition) is 5. The van der Waals surface area contributed by atoms with Gasteiger partial charge in [-0.1, -0.05) is 49.4 Å². The molecule has 0 aromatic heterocycles. The van der Waals surface area contributed by atoms with Crippen molar-refractivity contribution >= 4 is 11.6 Å². The third-order valence-electron chi connectivity index (χ3n) is 6.12. The fourth-order valence-electron chi connectivity index (χ4n) is 4.29. The van der Waals surface area contributed by atoms with Crippen molar-refractivity contribution in [3.63, 3.8) is 0 Å². The Labute approximate surface area is 185 Å². The van der Waals surface area contributed by atoms with Gasteiger partial charge in [0, 0.05) is 32.6 Å². The summed E-state index contributed by atoms with van der Waals surface area (Å²) in [4.78, 5) is 18.0. The number of rotatable bonds is 7. The molecule has 6 nitrogen and oxygen atoms in total. The summed E-state index contributed by atoms with van der Waals surface area (Å²) in [6.45, 7) is 10.2. The topological polar surface area (TPSA) is 48.4 Å². The molecule has 0 unspecified atom stereocenters. The van der Waals surface area contributed by atoms with Crippen LogP contribution in [0.3, 0.4) is 0 Å². The highest BCUT2D eigenvalue weighted by Crippen LogP contribution is 2.33. The Morgan fingerprint density at radius 3 is 2.29 bits per heavy atom. The molecule has 2 aromatic rings. The van der Waals surface area contributed by atoms with Gasteiger partial charge in [-0.3, -0.25) is 9.69 Å². The predicted octanol–water partition coefficient (Wildman–Crippen LogP) is 3.40. The molecule has 0 N–H and O–H groups in total. The zero-order chi connectivity index (χ0) is 21.6. The maximum atomic E-state index is 13.3. The lowest BCUT2D eigenvalue weighted by Crippen LogP contribution is -2.49. The van der Waals surface area contributed by atoms with E-state index in [0.29, 0.717) is 19.6 Å². The predicted molar refractivity (Wildman–Crippen MR) is 123 cm³/mol. The molecule has 2 aliphatic rings. The maximum absolute atomic E-state index is 13.3. The van der Waals surface area contributed by atoms with E-state index in [1.165, 1.54) is 0 Å². The Balaban J connectivity index is 1.52. The fourth-order valence-corrected chi connectivity index (χ4v) is 4.29. The highest BCUT2D eigenvalue weighted by molar-refractivity contribution is 6.03. The zero-order valence-corrected chi connectivity index (χ0v) is 18.5. The highest BCUT2D eigenvalue weighted by Gasteiger charge is 2.34. The van der Waals surface area contributed by atoms with E-state index in [2.05, 4.69) is 41.0 Å². The Morgan fingerprint density at radius 2 is 1.65 bits per heavy atom. The smallest absolute Gasteiger partial charge is 0.257 e. The van der Waals surface area contributed by atoms with E-state index in [1.807, 2.05) is 37.3 Å². The highest BCUT2D eigenvalue weighted by atomic mass is 16.5. The van der Waals surface area contributed by atoms with Crippen LogP contribution >= 0.6 is 0 Å². The standard InChI is InChI=1S/C25H32N4O2/c1-3-27-14-16-28(17-15-27)19-25(30)29-24(21-10-12-22(13-11-21)31-4-2)18-23(26-29)20-8-6-5-7-9-20/h5-13,24H,3-4,14-19H2,1-2H3/t24-/m0/s1. The van der Waals surface area contributed by atoms with Crippen molar-refractivity contribution in [3.8, 4) is 5.75 Å². The lowest BCUT2D eigenvalue weighted by molar-refractivity contribution is -0.134. The molecule has 0 aliphatic carbocycles. The first-order valence-electron chi connectivity index (χ1n) is 11.3. The summed E-state index contributed by atoms with van der Waals surface area (Å²) in [5, 5.41) is 6.52. The van der Waals surface area contributed by atoms with Gasteiger partial charge in [0.15, 0.2) is 0 Å². The van der Waals surface area contributed by atoms with Gasteiger partial charge < -0.3 is 9.64 Å². The number of hydrazone groups is 1. The van der Waals surface area contributed by atoms with Gasteiger partial charge in [0.2, 0.25) is 0 Å². The zero-order valence-electron chi connectivity index (χ0n) is 18.5. The molecule has 1 amide bonds. The number of likely N-dealkylation sites (N-methyl/N-ethyl adjacent to an activating group) is 1. The van der Waals surface area contributed by atoms with Crippen LogP contribution in [-0.4, -0.2) is 72.3 Å². The molecule has 2 heterocycles. The number of carbonyl (C=O) groups is 1. The number of piperazine rings is 1. The van der Waals surface area contributed by atoms with Crippen molar-refractivity contribution < 1.29 is 9.53 Å². The van der Waals surface area contributed by atoms with Crippen molar-refractivity contribution in [2.24, 2.45) is 5.10 Å². The van der Waals surface area contributed by atoms with Gasteiger partial charge in [0.05, 0.1) is 24.9 Å². The van der Waals surface area contributed by atoms with Gasteiger partial charge in [-0.2, -0.15) is 5.10 Å². The van der Waals surface area contributed by atoms with E-state index in [1.54, 1.807) is 5.01 Å². The molecule has 2 aromatic carbocycles. The second-order valence-electron chi connectivity index (χ2n) is 8.08. The van der Waals surface area contributed by atoms with Gasteiger partial charge >= 0.3 is 0 Å². The normalized spacial score (nSPS) is 20.0. The maximum Gasteiger partial charge on any atom is 0.257 e. The molecule has 0 radical (unpaired) electrons. The van der Waals surface area contributed by atoms with Crippen molar-refractivity contribution in [1.29, 1.82) is 0 Å². The minimum atomic E-state index is -0.0877. The minimum absolute atomic E-state index is 0.0646. The Morgan fingerprint density at radius 1 is 0.968 bits per heavy atom. The molecule has 1 atom stereocenters. The van der Waals surface area contributed by atoms with E-state index in [4.69, 9.17) is 9.84 Å². The molecule has 31 heavy (non-hydrogen) atoms. The second-order valence-corrected chi connectivity index (χ2v) is 8.08. The number of hydrogen-bond donors (Lipinski definition) is 0. The fraction of sp³-hybridized carbons (Fsp3) is 0.440. The van der Waals surface area contributed by atoms with Gasteiger partial charge in [-0.05, 0) is 36.7 Å². The minimum Gasteiger partial charge on any atom is -0.494 e. The summed E-state index contributed by atoms with van der Waals surface area (Å²) < 4.78 is 5.59. The number of carbonyl (C=O) groups excluding carboxylic acids is 1. The lowest BCUT2D eigenvalue weighted by atomic mass is 9.98. The molecule has 6 heteroatoms. The third-order valence-corrected chi connectivity index (χ3v) is 6.12. The third kappa shape index (κ3) is 5.14. The van der Waals surface area contributed by atoms with Crippen LogP contribution in [0.4, 0.5) is 0 Å². The summed E-state index contributed by atoms with van der Waals surface area (Å²) in [6, 6.07) is 18.1. The van der Waals surface area contributed by atoms with Crippen LogP contribution in [0.5, 0.6) is 5.75 Å². The van der Waals surface area contributed by atoms with Gasteiger partial charge in [-0.25, -0.2) is 5.01 Å². The Hall–Kier alpha value is -2.70. The molecule has 0 spiro atoms. The van der Waals surface area contributed by atoms with Crippen molar-refractivity contribution in [2.45, 2.75) is 26.3 Å². The van der Waals surface area contributed by atoms with Gasteiger partial charge in [0.25, 0.3) is 5.91 Å². The number of benzene rings is 2. The molecule has 164 valence electrons. The van der Waals surface area contributed by atoms with Crippen molar-refractivity contribution in [1.82, 2.24) is 14.8 Å².